The highest BCUT2D eigenvalue weighted by Crippen LogP contribution is 2.31. The molecule has 0 fully saturated rings. The third-order valence-electron chi connectivity index (χ3n) is 2.36. The van der Waals surface area contributed by atoms with Gasteiger partial charge in [-0.25, -0.2) is 0 Å². The van der Waals surface area contributed by atoms with Gasteiger partial charge in [0.05, 0.1) is 30.1 Å². The largest absolute Gasteiger partial charge is 0.371 e. The normalized spacial score (nSPS) is 21.2. The Morgan fingerprint density at radius 2 is 2.33 bits per heavy atom. The average molecular weight is 213 g/mol. The third kappa shape index (κ3) is 2.89. The zero-order chi connectivity index (χ0) is 10.9. The van der Waals surface area contributed by atoms with E-state index in [9.17, 15) is 0 Å². The second-order valence-corrected chi connectivity index (χ2v) is 4.68. The van der Waals surface area contributed by atoms with Crippen molar-refractivity contribution < 1.29 is 4.74 Å². The monoisotopic (exact) mass is 213 g/mol. The summed E-state index contributed by atoms with van der Waals surface area (Å²) in [7, 11) is 16.3. The van der Waals surface area contributed by atoms with Crippen LogP contribution in [-0.2, 0) is 11.2 Å². The fraction of sp³-hybridized carbons (Fsp3) is 0.556. The van der Waals surface area contributed by atoms with Crippen molar-refractivity contribution in [1.82, 2.24) is 5.32 Å². The highest BCUT2D eigenvalue weighted by molar-refractivity contribution is 7.10. The molecule has 15 heavy (non-hydrogen) atoms. The van der Waals surface area contributed by atoms with Gasteiger partial charge in [0.1, 0.15) is 6.10 Å². The van der Waals surface area contributed by atoms with E-state index in [-0.39, 0.29) is 6.10 Å². The van der Waals surface area contributed by atoms with Gasteiger partial charge in [-0.3, -0.25) is 0 Å². The molecular formula is C9H10B3NOS. The molecule has 0 aliphatic carbocycles. The topological polar surface area (TPSA) is 21.3 Å². The summed E-state index contributed by atoms with van der Waals surface area (Å²) in [5.41, 5.74) is 1.36. The lowest BCUT2D eigenvalue weighted by Crippen LogP contribution is -2.49. The SMILES string of the molecule is [B]C([B])([B])NC[C@H]1OCCc2ccsc21. The standard InChI is InChI=1S/C9H10B3NOS/c10-9(11,12)13-5-7-8-6(1-3-14-7)2-4-15-8/h2,4,7,13H,1,3,5H2/t7-/m1/s1. The Morgan fingerprint density at radius 1 is 1.53 bits per heavy atom. The maximum absolute atomic E-state index is 5.64. The zero-order valence-electron chi connectivity index (χ0n) is 8.40. The smallest absolute Gasteiger partial charge is 0.104 e. The first-order chi connectivity index (χ1) is 7.06. The van der Waals surface area contributed by atoms with E-state index in [4.69, 9.17) is 28.3 Å². The van der Waals surface area contributed by atoms with E-state index in [1.807, 2.05) is 0 Å². The first-order valence-electron chi connectivity index (χ1n) is 4.86. The van der Waals surface area contributed by atoms with Crippen LogP contribution in [0.5, 0.6) is 0 Å². The van der Waals surface area contributed by atoms with Crippen LogP contribution >= 0.6 is 11.3 Å². The Labute approximate surface area is 98.0 Å². The molecule has 6 radical (unpaired) electrons. The maximum atomic E-state index is 5.64. The molecule has 1 aromatic heterocycles. The maximum Gasteiger partial charge on any atom is 0.104 e. The number of hydrogen-bond acceptors (Lipinski definition) is 3. The summed E-state index contributed by atoms with van der Waals surface area (Å²) in [4.78, 5) is 1.25. The molecule has 2 rings (SSSR count). The average Bonchev–Trinajstić information content (AvgIpc) is 2.61. The van der Waals surface area contributed by atoms with Gasteiger partial charge in [0.25, 0.3) is 0 Å². The van der Waals surface area contributed by atoms with Crippen LogP contribution in [0.2, 0.25) is 0 Å². The van der Waals surface area contributed by atoms with Crippen LogP contribution in [0.25, 0.3) is 0 Å². The molecule has 0 spiro atoms. The number of fused-ring (bicyclic) bond motifs is 1. The van der Waals surface area contributed by atoms with Crippen LogP contribution in [0, 0.1) is 0 Å². The van der Waals surface area contributed by atoms with E-state index in [1.54, 1.807) is 11.3 Å². The van der Waals surface area contributed by atoms with Crippen molar-refractivity contribution in [2.45, 2.75) is 17.8 Å². The third-order valence-corrected chi connectivity index (χ3v) is 3.41. The van der Waals surface area contributed by atoms with Gasteiger partial charge in [0.2, 0.25) is 0 Å². The molecule has 0 unspecified atom stereocenters. The lowest BCUT2D eigenvalue weighted by Gasteiger charge is -2.28. The Kier molecular flexibility index (Phi) is 3.28. The number of thiophene rings is 1. The van der Waals surface area contributed by atoms with Gasteiger partial charge in [0, 0.05) is 11.4 Å². The number of ether oxygens (including phenoxy) is 1. The van der Waals surface area contributed by atoms with Gasteiger partial charge in [-0.05, 0) is 23.4 Å². The minimum absolute atomic E-state index is 0.0174. The van der Waals surface area contributed by atoms with Gasteiger partial charge in [-0.2, -0.15) is 0 Å². The molecule has 1 N–H and O–H groups in total. The van der Waals surface area contributed by atoms with Crippen molar-refractivity contribution in [2.24, 2.45) is 0 Å². The second kappa shape index (κ2) is 4.36. The summed E-state index contributed by atoms with van der Waals surface area (Å²) < 4.78 is 5.64. The quantitative estimate of drug-likeness (QED) is 0.717. The van der Waals surface area contributed by atoms with Gasteiger partial charge >= 0.3 is 0 Å². The van der Waals surface area contributed by atoms with Gasteiger partial charge in [-0.1, -0.05) is 5.24 Å². The van der Waals surface area contributed by atoms with Crippen molar-refractivity contribution in [3.8, 4) is 0 Å². The van der Waals surface area contributed by atoms with E-state index in [0.29, 0.717) is 6.54 Å². The Balaban J connectivity index is 2.01. The van der Waals surface area contributed by atoms with Crippen LogP contribution in [0.15, 0.2) is 11.4 Å². The first kappa shape index (κ1) is 11.3. The molecule has 2 nitrogen and oxygen atoms in total. The molecule has 0 saturated heterocycles. The molecule has 1 aromatic rings. The van der Waals surface area contributed by atoms with Crippen LogP contribution in [-0.4, -0.2) is 41.9 Å². The molecule has 1 aliphatic rings. The van der Waals surface area contributed by atoms with Crippen LogP contribution in [0.4, 0.5) is 0 Å². The second-order valence-electron chi connectivity index (χ2n) is 3.73. The number of rotatable bonds is 3. The van der Waals surface area contributed by atoms with Crippen molar-refractivity contribution >= 4 is 34.9 Å². The number of hydrogen-bond donors (Lipinski definition) is 1. The highest BCUT2D eigenvalue weighted by atomic mass is 32.1. The van der Waals surface area contributed by atoms with Gasteiger partial charge in [-0.15, -0.1) is 11.3 Å². The minimum atomic E-state index is -1.34. The fourth-order valence-electron chi connectivity index (χ4n) is 1.64. The van der Waals surface area contributed by atoms with E-state index in [1.165, 1.54) is 10.4 Å². The van der Waals surface area contributed by atoms with Crippen LogP contribution in [0.1, 0.15) is 16.5 Å². The molecule has 0 aromatic carbocycles. The van der Waals surface area contributed by atoms with Crippen LogP contribution < -0.4 is 5.32 Å². The summed E-state index contributed by atoms with van der Waals surface area (Å²) in [5, 5.41) is 3.58. The molecule has 2 heterocycles. The van der Waals surface area contributed by atoms with Gasteiger partial charge in [0.15, 0.2) is 0 Å². The zero-order valence-corrected chi connectivity index (χ0v) is 9.22. The Hall–Kier alpha value is -0.185. The summed E-state index contributed by atoms with van der Waals surface area (Å²) in [6, 6.07) is 2.14. The predicted octanol–water partition coefficient (Wildman–Crippen LogP) is 0.0683. The summed E-state index contributed by atoms with van der Waals surface area (Å²) in [6.07, 6.45) is 0.998. The molecule has 0 bridgehead atoms. The summed E-state index contributed by atoms with van der Waals surface area (Å²) in [6.45, 7) is 1.28. The molecule has 6 heteroatoms. The Morgan fingerprint density at radius 3 is 3.07 bits per heavy atom. The van der Waals surface area contributed by atoms with Gasteiger partial charge < -0.3 is 10.1 Å². The minimum Gasteiger partial charge on any atom is -0.371 e. The van der Waals surface area contributed by atoms with Crippen molar-refractivity contribution in [1.29, 1.82) is 0 Å². The molecule has 0 saturated carbocycles. The Bertz CT molecular complexity index is 336. The molecule has 72 valence electrons. The summed E-state index contributed by atoms with van der Waals surface area (Å²) in [5.74, 6) is 0. The van der Waals surface area contributed by atoms with Crippen molar-refractivity contribution in [3.05, 3.63) is 21.9 Å². The van der Waals surface area contributed by atoms with Crippen LogP contribution in [0.3, 0.4) is 0 Å². The fourth-order valence-corrected chi connectivity index (χ4v) is 2.65. The summed E-state index contributed by atoms with van der Waals surface area (Å²) >= 11 is 1.70. The lowest BCUT2D eigenvalue weighted by atomic mass is 9.49. The first-order valence-corrected chi connectivity index (χ1v) is 5.74. The number of nitrogens with one attached hydrogen (secondary N) is 1. The van der Waals surface area contributed by atoms with E-state index in [0.717, 1.165) is 13.0 Å². The van der Waals surface area contributed by atoms with E-state index in [2.05, 4.69) is 16.8 Å². The van der Waals surface area contributed by atoms with Crippen molar-refractivity contribution in [2.75, 3.05) is 13.2 Å². The molecule has 1 aliphatic heterocycles. The lowest BCUT2D eigenvalue weighted by molar-refractivity contribution is 0.0455. The molecular weight excluding hydrogens is 203 g/mol. The predicted molar refractivity (Wildman–Crippen MR) is 64.7 cm³/mol. The van der Waals surface area contributed by atoms with E-state index >= 15 is 0 Å². The van der Waals surface area contributed by atoms with E-state index < -0.39 is 5.24 Å². The molecule has 0 amide bonds. The molecule has 1 atom stereocenters. The van der Waals surface area contributed by atoms with Crippen molar-refractivity contribution in [3.63, 3.8) is 0 Å². The highest BCUT2D eigenvalue weighted by Gasteiger charge is 2.23.